The number of hydrogen-bond donors (Lipinski definition) is 1. The number of nitrogens with one attached hydrogen (secondary N) is 1. The summed E-state index contributed by atoms with van der Waals surface area (Å²) in [5.74, 6) is -0.0848. The van der Waals surface area contributed by atoms with Gasteiger partial charge in [0.15, 0.2) is 5.69 Å². The Bertz CT molecular complexity index is 541. The molecule has 0 atom stereocenters. The summed E-state index contributed by atoms with van der Waals surface area (Å²) >= 11 is 0. The maximum absolute atomic E-state index is 11.4. The van der Waals surface area contributed by atoms with Crippen LogP contribution in [0, 0.1) is 27.2 Å². The quantitative estimate of drug-likeness (QED) is 0.632. The van der Waals surface area contributed by atoms with E-state index in [1.54, 1.807) is 6.92 Å². The van der Waals surface area contributed by atoms with Gasteiger partial charge in [0.2, 0.25) is 0 Å². The van der Waals surface area contributed by atoms with Gasteiger partial charge in [-0.05, 0) is 24.8 Å². The van der Waals surface area contributed by atoms with E-state index in [9.17, 15) is 20.2 Å². The number of rotatable bonds is 6. The molecule has 0 fully saturated rings. The minimum atomic E-state index is -0.581. The topological polar surface area (TPSA) is 98.3 Å². The van der Waals surface area contributed by atoms with E-state index in [4.69, 9.17) is 0 Å². The van der Waals surface area contributed by atoms with Crippen LogP contribution >= 0.6 is 0 Å². The highest BCUT2D eigenvalue weighted by Crippen LogP contribution is 2.42. The van der Waals surface area contributed by atoms with Crippen LogP contribution < -0.4 is 5.32 Å². The fourth-order valence-electron chi connectivity index (χ4n) is 2.28. The van der Waals surface area contributed by atoms with Crippen LogP contribution in [0.4, 0.5) is 17.1 Å². The van der Waals surface area contributed by atoms with Crippen molar-refractivity contribution in [2.45, 2.75) is 40.0 Å². The van der Waals surface area contributed by atoms with Crippen molar-refractivity contribution in [3.63, 3.8) is 0 Å². The van der Waals surface area contributed by atoms with Gasteiger partial charge in [-0.25, -0.2) is 0 Å². The van der Waals surface area contributed by atoms with Crippen LogP contribution in [-0.2, 0) is 0 Å². The molecule has 0 aliphatic carbocycles. The first-order chi connectivity index (χ1) is 9.31. The summed E-state index contributed by atoms with van der Waals surface area (Å²) in [6.45, 7) is 7.68. The Morgan fingerprint density at radius 3 is 2.25 bits per heavy atom. The van der Waals surface area contributed by atoms with Crippen LogP contribution in [0.2, 0.25) is 0 Å². The molecule has 7 heteroatoms. The summed E-state index contributed by atoms with van der Waals surface area (Å²) in [6, 6.07) is 1.40. The van der Waals surface area contributed by atoms with Crippen LogP contribution in [0.1, 0.15) is 44.2 Å². The smallest absolute Gasteiger partial charge is 0.303 e. The van der Waals surface area contributed by atoms with Gasteiger partial charge in [0.25, 0.3) is 5.69 Å². The van der Waals surface area contributed by atoms with Gasteiger partial charge in [-0.15, -0.1) is 0 Å². The molecule has 7 nitrogen and oxygen atoms in total. The lowest BCUT2D eigenvalue weighted by Crippen LogP contribution is -2.10. The lowest BCUT2D eigenvalue weighted by Gasteiger charge is -2.15. The maximum Gasteiger partial charge on any atom is 0.303 e. The van der Waals surface area contributed by atoms with Gasteiger partial charge in [0.05, 0.1) is 9.85 Å². The molecule has 0 heterocycles. The molecule has 0 spiro atoms. The Morgan fingerprint density at radius 1 is 1.25 bits per heavy atom. The highest BCUT2D eigenvalue weighted by atomic mass is 16.6. The van der Waals surface area contributed by atoms with E-state index in [0.29, 0.717) is 17.7 Å². The molecule has 0 saturated carbocycles. The molecule has 0 radical (unpaired) electrons. The van der Waals surface area contributed by atoms with Crippen LogP contribution in [0.5, 0.6) is 0 Å². The first kappa shape index (κ1) is 15.9. The molecule has 1 aromatic carbocycles. The third-order valence-corrected chi connectivity index (χ3v) is 3.03. The highest BCUT2D eigenvalue weighted by molar-refractivity contribution is 5.78. The molecule has 0 amide bonds. The molecular formula is C13H19N3O4. The van der Waals surface area contributed by atoms with Crippen LogP contribution in [0.15, 0.2) is 6.07 Å². The normalized spacial score (nSPS) is 10.7. The Kier molecular flexibility index (Phi) is 5.01. The van der Waals surface area contributed by atoms with Crippen LogP contribution in [0.25, 0.3) is 0 Å². The average Bonchev–Trinajstić information content (AvgIpc) is 2.34. The van der Waals surface area contributed by atoms with E-state index < -0.39 is 9.85 Å². The van der Waals surface area contributed by atoms with Gasteiger partial charge in [0.1, 0.15) is 0 Å². The third kappa shape index (κ3) is 3.04. The molecule has 1 N–H and O–H groups in total. The third-order valence-electron chi connectivity index (χ3n) is 3.03. The monoisotopic (exact) mass is 281 g/mol. The molecule has 1 aromatic rings. The minimum absolute atomic E-state index is 0.0103. The number of anilines is 1. The number of nitro groups is 2. The van der Waals surface area contributed by atoms with Crippen molar-refractivity contribution < 1.29 is 9.85 Å². The summed E-state index contributed by atoms with van der Waals surface area (Å²) in [7, 11) is 0. The minimum Gasteiger partial charge on any atom is -0.374 e. The highest BCUT2D eigenvalue weighted by Gasteiger charge is 2.31. The molecule has 0 aromatic heterocycles. The van der Waals surface area contributed by atoms with Gasteiger partial charge in [-0.3, -0.25) is 20.2 Å². The van der Waals surface area contributed by atoms with Crippen molar-refractivity contribution in [1.82, 2.24) is 0 Å². The van der Waals surface area contributed by atoms with E-state index in [0.717, 1.165) is 6.42 Å². The zero-order valence-electron chi connectivity index (χ0n) is 12.1. The number of hydrogen-bond acceptors (Lipinski definition) is 5. The molecule has 1 rings (SSSR count). The van der Waals surface area contributed by atoms with Gasteiger partial charge < -0.3 is 5.32 Å². The first-order valence-corrected chi connectivity index (χ1v) is 6.51. The molecule has 20 heavy (non-hydrogen) atoms. The van der Waals surface area contributed by atoms with E-state index in [-0.39, 0.29) is 23.0 Å². The van der Waals surface area contributed by atoms with Crippen molar-refractivity contribution in [2.24, 2.45) is 0 Å². The lowest BCUT2D eigenvalue weighted by molar-refractivity contribution is -0.392. The summed E-state index contributed by atoms with van der Waals surface area (Å²) in [5.41, 5.74) is 0.697. The largest absolute Gasteiger partial charge is 0.374 e. The zero-order valence-corrected chi connectivity index (χ0v) is 12.1. The second kappa shape index (κ2) is 6.31. The number of benzene rings is 1. The fourth-order valence-corrected chi connectivity index (χ4v) is 2.28. The average molecular weight is 281 g/mol. The predicted octanol–water partition coefficient (Wildman–Crippen LogP) is 3.76. The lowest BCUT2D eigenvalue weighted by atomic mass is 9.94. The van der Waals surface area contributed by atoms with Crippen molar-refractivity contribution in [3.05, 3.63) is 37.4 Å². The van der Waals surface area contributed by atoms with Crippen LogP contribution in [-0.4, -0.2) is 16.4 Å². The van der Waals surface area contributed by atoms with Gasteiger partial charge >= 0.3 is 5.69 Å². The number of nitrogens with zero attached hydrogens (tertiary/aromatic N) is 2. The predicted molar refractivity (Wildman–Crippen MR) is 77.4 cm³/mol. The molecular weight excluding hydrogens is 262 g/mol. The summed E-state index contributed by atoms with van der Waals surface area (Å²) in [4.78, 5) is 21.4. The molecule has 0 aliphatic rings. The standard InChI is InChI=1S/C13H19N3O4/c1-5-6-14-12-10(15(17)18)7-9(4)11(8(2)3)13(12)16(19)20/h7-8,14H,5-6H2,1-4H3. The fraction of sp³-hybridized carbons (Fsp3) is 0.538. The Balaban J connectivity index is 3.67. The Hall–Kier alpha value is -2.18. The summed E-state index contributed by atoms with van der Waals surface area (Å²) in [6.07, 6.45) is 0.721. The number of nitro benzene ring substituents is 2. The second-order valence-electron chi connectivity index (χ2n) is 4.95. The zero-order chi connectivity index (χ0) is 15.4. The SMILES string of the molecule is CCCNc1c([N+](=O)[O-])cc(C)c(C(C)C)c1[N+](=O)[O-]. The Labute approximate surface area is 117 Å². The van der Waals surface area contributed by atoms with Gasteiger partial charge in [-0.2, -0.15) is 0 Å². The second-order valence-corrected chi connectivity index (χ2v) is 4.95. The van der Waals surface area contributed by atoms with Crippen molar-refractivity contribution in [1.29, 1.82) is 0 Å². The molecule has 0 saturated heterocycles. The van der Waals surface area contributed by atoms with E-state index in [1.807, 2.05) is 20.8 Å². The first-order valence-electron chi connectivity index (χ1n) is 6.51. The molecule has 0 unspecified atom stereocenters. The summed E-state index contributed by atoms with van der Waals surface area (Å²) < 4.78 is 0. The maximum atomic E-state index is 11.4. The van der Waals surface area contributed by atoms with Crippen LogP contribution in [0.3, 0.4) is 0 Å². The van der Waals surface area contributed by atoms with E-state index in [2.05, 4.69) is 5.32 Å². The van der Waals surface area contributed by atoms with Crippen molar-refractivity contribution in [3.8, 4) is 0 Å². The van der Waals surface area contributed by atoms with Crippen molar-refractivity contribution in [2.75, 3.05) is 11.9 Å². The van der Waals surface area contributed by atoms with Gasteiger partial charge in [0, 0.05) is 18.2 Å². The molecule has 0 bridgehead atoms. The van der Waals surface area contributed by atoms with Crippen molar-refractivity contribution >= 4 is 17.1 Å². The number of aryl methyl sites for hydroxylation is 1. The summed E-state index contributed by atoms with van der Waals surface area (Å²) in [5, 5.41) is 25.3. The molecule has 0 aliphatic heterocycles. The Morgan fingerprint density at radius 2 is 1.85 bits per heavy atom. The molecule has 110 valence electrons. The van der Waals surface area contributed by atoms with E-state index in [1.165, 1.54) is 6.07 Å². The van der Waals surface area contributed by atoms with E-state index >= 15 is 0 Å². The van der Waals surface area contributed by atoms with Gasteiger partial charge in [-0.1, -0.05) is 20.8 Å².